The predicted octanol–water partition coefficient (Wildman–Crippen LogP) is 28.8. The molecule has 0 spiro atoms. The average molecular weight is 1660 g/mol. The number of rotatable bonds is 12. The van der Waals surface area contributed by atoms with Gasteiger partial charge in [-0.25, -0.2) is 34.9 Å². The molecule has 2 aliphatic rings. The minimum absolute atomic E-state index is 0. The van der Waals surface area contributed by atoms with E-state index in [1.165, 1.54) is 114 Å². The first-order valence-corrected chi connectivity index (χ1v) is 43.6. The van der Waals surface area contributed by atoms with Gasteiger partial charge in [0.05, 0.1) is 33.1 Å². The van der Waals surface area contributed by atoms with E-state index in [2.05, 4.69) is 317 Å². The molecule has 8 heterocycles. The number of benzene rings is 16. The van der Waals surface area contributed by atoms with Crippen LogP contribution in [0, 0.1) is 0 Å². The van der Waals surface area contributed by atoms with Gasteiger partial charge in [-0.2, -0.15) is 0 Å². The third-order valence-electron chi connectivity index (χ3n) is 24.7. The van der Waals surface area contributed by atoms with Crippen LogP contribution in [-0.4, -0.2) is 54.8 Å². The van der Waals surface area contributed by atoms with Crippen molar-refractivity contribution in [3.8, 4) is 108 Å². The standard InChI is InChI=1S/C44H27N5S.C42H30N4.C28H21N3.CH4/c1-3-12-28(13-4-1)42-46-43(29-14-5-2-6-15-29)48-44(47-42)31-23-25-40(45-27-31)49-37-20-9-7-16-33(37)34-24-22-30(26-38(34)49)32-18-11-19-36-35-17-8-10-21-39(35)50-41(32)36;1-42(2)33-19-11-9-17-31(33)37-34(42)25-26-36-38(37)32-18-10-12-20-35(32)46(36)30-23-21-29(22-24-30)41-44-39(27-13-5-3-6-14-27)43-40(45-41)28-15-7-4-8-16-28;1-2-8-20(9-3-1)25-18-19-29-28(30-25)21-14-16-22(17-15-21)31-26-12-6-4-10-23(26)24-11-5-7-13-27(24)31;/h1-27H;3-26H,1-2H3;1-19,28,30H;1H4. The summed E-state index contributed by atoms with van der Waals surface area (Å²) in [6, 6.07) is 142. The van der Waals surface area contributed by atoms with Crippen LogP contribution in [0.2, 0.25) is 0 Å². The Morgan fingerprint density at radius 2 is 0.719 bits per heavy atom. The molecule has 12 nitrogen and oxygen atoms in total. The highest BCUT2D eigenvalue weighted by Gasteiger charge is 2.37. The highest BCUT2D eigenvalue weighted by molar-refractivity contribution is 7.26. The molecule has 1 aliphatic heterocycles. The summed E-state index contributed by atoms with van der Waals surface area (Å²) in [5, 5.41) is 13.7. The Balaban J connectivity index is 0.000000116. The number of hydrogen-bond acceptors (Lipinski definition) is 10. The van der Waals surface area contributed by atoms with Crippen molar-refractivity contribution in [1.82, 2.24) is 53.9 Å². The van der Waals surface area contributed by atoms with Gasteiger partial charge in [0.1, 0.15) is 12.0 Å². The first-order chi connectivity index (χ1) is 62.7. The molecule has 23 aromatic rings. The zero-order chi connectivity index (χ0) is 84.5. The summed E-state index contributed by atoms with van der Waals surface area (Å²) in [6.45, 7) is 4.68. The van der Waals surface area contributed by atoms with E-state index in [1.54, 1.807) is 0 Å². The van der Waals surface area contributed by atoms with E-state index in [0.29, 0.717) is 34.9 Å². The lowest BCUT2D eigenvalue weighted by Crippen LogP contribution is -2.21. The molecule has 1 atom stereocenters. The molecule has 13 heteroatoms. The van der Waals surface area contributed by atoms with Gasteiger partial charge in [0, 0.05) is 121 Å². The van der Waals surface area contributed by atoms with Gasteiger partial charge in [0.15, 0.2) is 34.9 Å². The predicted molar refractivity (Wildman–Crippen MR) is 531 cm³/mol. The van der Waals surface area contributed by atoms with E-state index in [0.717, 1.165) is 72.9 Å². The van der Waals surface area contributed by atoms with Gasteiger partial charge in [-0.1, -0.05) is 337 Å². The third-order valence-corrected chi connectivity index (χ3v) is 25.9. The van der Waals surface area contributed by atoms with Crippen LogP contribution in [0.25, 0.3) is 199 Å². The van der Waals surface area contributed by atoms with Gasteiger partial charge < -0.3 is 14.5 Å². The van der Waals surface area contributed by atoms with Gasteiger partial charge in [-0.05, 0) is 142 Å². The fourth-order valence-corrected chi connectivity index (χ4v) is 19.8. The van der Waals surface area contributed by atoms with E-state index < -0.39 is 0 Å². The maximum absolute atomic E-state index is 5.05. The van der Waals surface area contributed by atoms with Gasteiger partial charge >= 0.3 is 0 Å². The number of aliphatic imine (C=N–C) groups is 1. The van der Waals surface area contributed by atoms with Crippen molar-refractivity contribution in [2.24, 2.45) is 4.99 Å². The molecular formula is C115H82N12S. The van der Waals surface area contributed by atoms with Crippen LogP contribution < -0.4 is 5.32 Å². The number of hydrogen-bond donors (Lipinski definition) is 1. The summed E-state index contributed by atoms with van der Waals surface area (Å²) in [5.74, 6) is 4.64. The number of nitrogens with zero attached hydrogens (tertiary/aromatic N) is 11. The van der Waals surface area contributed by atoms with Crippen LogP contribution in [0.4, 0.5) is 0 Å². The van der Waals surface area contributed by atoms with Crippen molar-refractivity contribution in [1.29, 1.82) is 0 Å². The first-order valence-electron chi connectivity index (χ1n) is 42.8. The molecule has 1 unspecified atom stereocenters. The van der Waals surface area contributed by atoms with Crippen LogP contribution in [0.3, 0.4) is 0 Å². The number of pyridine rings is 1. The largest absolute Gasteiger partial charge is 0.360 e. The van der Waals surface area contributed by atoms with E-state index in [-0.39, 0.29) is 19.0 Å². The van der Waals surface area contributed by atoms with Crippen LogP contribution in [0.15, 0.2) is 424 Å². The van der Waals surface area contributed by atoms with E-state index in [4.69, 9.17) is 34.9 Å². The van der Waals surface area contributed by atoms with Crippen molar-refractivity contribution in [2.75, 3.05) is 0 Å². The molecule has 1 N–H and O–H groups in total. The summed E-state index contributed by atoms with van der Waals surface area (Å²) in [4.78, 5) is 39.1. The minimum Gasteiger partial charge on any atom is -0.360 e. The number of aromatic nitrogens is 10. The summed E-state index contributed by atoms with van der Waals surface area (Å²) in [7, 11) is 0. The Hall–Kier alpha value is -16.5. The zero-order valence-corrected chi connectivity index (χ0v) is 70.1. The van der Waals surface area contributed by atoms with Gasteiger partial charge in [-0.3, -0.25) is 9.56 Å². The molecule has 0 amide bonds. The van der Waals surface area contributed by atoms with Gasteiger partial charge in [0.2, 0.25) is 0 Å². The lowest BCUT2D eigenvalue weighted by molar-refractivity contribution is 0.661. The fourth-order valence-electron chi connectivity index (χ4n) is 18.6. The molecular weight excluding hydrogens is 1580 g/mol. The SMILES string of the molecule is C.C1=NC(c2ccc(-n3c4ccccc4c4ccccc43)cc2)NC(c2ccccc2)=C1.CC1(C)c2ccccc2-c2c1ccc1c2c2ccccc2n1-c1ccc(-c2nc(-c3ccccc3)nc(-c3ccccc3)n2)cc1.c1ccc(-c2nc(-c3ccccc3)nc(-c3ccc(-n4c5ccccc5c5ccc(-c6cccc7c6sc6ccccc67)cc54)nc3)n2)cc1. The number of fused-ring (bicyclic) bond motifs is 16. The monoisotopic (exact) mass is 1660 g/mol. The molecule has 7 aromatic heterocycles. The van der Waals surface area contributed by atoms with Crippen molar-refractivity contribution in [2.45, 2.75) is 32.9 Å². The Labute approximate surface area is 744 Å². The van der Waals surface area contributed by atoms with Crippen molar-refractivity contribution < 1.29 is 0 Å². The molecule has 608 valence electrons. The highest BCUT2D eigenvalue weighted by Crippen LogP contribution is 2.54. The van der Waals surface area contributed by atoms with Gasteiger partial charge in [-0.15, -0.1) is 11.3 Å². The van der Waals surface area contributed by atoms with E-state index in [1.807, 2.05) is 157 Å². The molecule has 0 bridgehead atoms. The van der Waals surface area contributed by atoms with Crippen LogP contribution in [0.1, 0.15) is 49.7 Å². The smallest absolute Gasteiger partial charge is 0.165 e. The summed E-state index contributed by atoms with van der Waals surface area (Å²) >= 11 is 1.86. The molecule has 0 radical (unpaired) electrons. The number of para-hydroxylation sites is 4. The lowest BCUT2D eigenvalue weighted by atomic mass is 9.82. The Bertz CT molecular complexity index is 8060. The zero-order valence-electron chi connectivity index (χ0n) is 69.3. The quantitative estimate of drug-likeness (QED) is 0.128. The molecule has 1 aliphatic carbocycles. The van der Waals surface area contributed by atoms with Crippen LogP contribution in [0.5, 0.6) is 0 Å². The molecule has 0 saturated carbocycles. The summed E-state index contributed by atoms with van der Waals surface area (Å²) in [6.07, 6.45) is 5.70. The normalized spacial score (nSPS) is 13.1. The second-order valence-corrected chi connectivity index (χ2v) is 33.6. The fraction of sp³-hybridized carbons (Fsp3) is 0.0435. The Morgan fingerprint density at radius 3 is 1.27 bits per heavy atom. The Morgan fingerprint density at radius 1 is 0.305 bits per heavy atom. The molecule has 25 rings (SSSR count). The van der Waals surface area contributed by atoms with Crippen molar-refractivity contribution in [3.05, 3.63) is 441 Å². The number of thiophene rings is 1. The second-order valence-electron chi connectivity index (χ2n) is 32.6. The maximum Gasteiger partial charge on any atom is 0.165 e. The number of allylic oxidation sites excluding steroid dienone is 1. The first kappa shape index (κ1) is 77.6. The maximum atomic E-state index is 5.05. The average Bonchev–Trinajstić information content (AvgIpc) is 1.54. The van der Waals surface area contributed by atoms with E-state index in [9.17, 15) is 0 Å². The molecule has 0 saturated heterocycles. The van der Waals surface area contributed by atoms with E-state index >= 15 is 0 Å². The molecule has 128 heavy (non-hydrogen) atoms. The van der Waals surface area contributed by atoms with Crippen molar-refractivity contribution in [3.63, 3.8) is 0 Å². The summed E-state index contributed by atoms with van der Waals surface area (Å²) in [5.41, 5.74) is 26.1. The van der Waals surface area contributed by atoms with Crippen molar-refractivity contribution >= 4 is 109 Å². The van der Waals surface area contributed by atoms with Crippen LogP contribution >= 0.6 is 11.3 Å². The minimum atomic E-state index is -0.0904. The summed E-state index contributed by atoms with van der Waals surface area (Å²) < 4.78 is 9.60. The molecule has 16 aromatic carbocycles. The van der Waals surface area contributed by atoms with Gasteiger partial charge in [0.25, 0.3) is 0 Å². The second kappa shape index (κ2) is 32.6. The highest BCUT2D eigenvalue weighted by atomic mass is 32.1. The Kier molecular flexibility index (Phi) is 19.8. The third kappa shape index (κ3) is 13.8. The molecule has 0 fully saturated rings. The topological polar surface area (TPSA) is 129 Å². The lowest BCUT2D eigenvalue weighted by Gasteiger charge is -2.22. The van der Waals surface area contributed by atoms with Crippen LogP contribution in [-0.2, 0) is 5.41 Å². The number of nitrogens with one attached hydrogen (secondary N) is 1.